The van der Waals surface area contributed by atoms with Crippen molar-refractivity contribution in [2.24, 2.45) is 0 Å². The Morgan fingerprint density at radius 1 is 0.370 bits per heavy atom. The van der Waals surface area contributed by atoms with Crippen LogP contribution in [0.1, 0.15) is 11.1 Å². The van der Waals surface area contributed by atoms with Crippen molar-refractivity contribution in [3.8, 4) is 79.9 Å². The van der Waals surface area contributed by atoms with Crippen molar-refractivity contribution in [1.82, 2.24) is 9.97 Å². The predicted molar refractivity (Wildman–Crippen MR) is 212 cm³/mol. The largest absolute Gasteiger partial charge is 0.431 e. The molecule has 0 aliphatic carbocycles. The average Bonchev–Trinajstić information content (AvgIpc) is 3.24. The molecule has 6 heteroatoms. The Kier molecular flexibility index (Phi) is 7.15. The fraction of sp³-hybridized carbons (Fsp3) is 0. The molecule has 0 atom stereocenters. The van der Waals surface area contributed by atoms with Crippen LogP contribution in [0.3, 0.4) is 0 Å². The van der Waals surface area contributed by atoms with Crippen molar-refractivity contribution in [2.75, 3.05) is 0 Å². The molecule has 1 aliphatic heterocycles. The van der Waals surface area contributed by atoms with Gasteiger partial charge in [0.2, 0.25) is 0 Å². The first kappa shape index (κ1) is 31.0. The maximum atomic E-state index is 9.41. The zero-order valence-electron chi connectivity index (χ0n) is 28.6. The number of aromatic nitrogens is 2. The summed E-state index contributed by atoms with van der Waals surface area (Å²) in [5, 5.41) is 23.1. The number of rotatable bonds is 4. The molecule has 0 unspecified atom stereocenters. The summed E-state index contributed by atoms with van der Waals surface area (Å²) in [7, 11) is 0. The molecular weight excluding hydrogens is 665 g/mol. The monoisotopic (exact) mass is 690 g/mol. The lowest BCUT2D eigenvalue weighted by Gasteiger charge is -2.23. The van der Waals surface area contributed by atoms with Crippen LogP contribution in [0.15, 0.2) is 158 Å². The van der Waals surface area contributed by atoms with E-state index in [-0.39, 0.29) is 0 Å². The van der Waals surface area contributed by atoms with Crippen LogP contribution in [0, 0.1) is 22.7 Å². The molecule has 0 fully saturated rings. The van der Waals surface area contributed by atoms with Gasteiger partial charge in [-0.15, -0.1) is 0 Å². The van der Waals surface area contributed by atoms with Crippen LogP contribution < -0.4 is 9.47 Å². The molecule has 1 aliphatic rings. The van der Waals surface area contributed by atoms with E-state index in [4.69, 9.17) is 19.4 Å². The molecule has 0 N–H and O–H groups in total. The van der Waals surface area contributed by atoms with Gasteiger partial charge in [-0.05, 0) is 115 Å². The quantitative estimate of drug-likeness (QED) is 0.182. The lowest BCUT2D eigenvalue weighted by molar-refractivity contribution is 0.339. The molecule has 9 aromatic rings. The van der Waals surface area contributed by atoms with Gasteiger partial charge in [0.25, 0.3) is 11.8 Å². The summed E-state index contributed by atoms with van der Waals surface area (Å²) in [6.07, 6.45) is 0. The Balaban J connectivity index is 1.21. The standard InChI is InChI=1S/C48H26N4O2/c49-27-29-13-17-31(18-14-29)33-21-23-39(37-9-3-1-7-35(33)37)41-25-45-46(54-48-47(53-45)51-43-11-5-6-12-44(43)52-48)26-42(41)40-24-22-34(36-8-2-4-10-38(36)40)32-19-15-30(28-50)16-20-32/h1-26H. The van der Waals surface area contributed by atoms with Crippen molar-refractivity contribution < 1.29 is 9.47 Å². The minimum absolute atomic E-state index is 0.318. The highest BCUT2D eigenvalue weighted by Gasteiger charge is 2.27. The predicted octanol–water partition coefficient (Wildman–Crippen LogP) is 12.2. The second-order valence-electron chi connectivity index (χ2n) is 13.2. The summed E-state index contributed by atoms with van der Waals surface area (Å²) < 4.78 is 13.0. The zero-order valence-corrected chi connectivity index (χ0v) is 28.6. The van der Waals surface area contributed by atoms with Crippen LogP contribution in [0.2, 0.25) is 0 Å². The number of fused-ring (bicyclic) bond motifs is 5. The van der Waals surface area contributed by atoms with Gasteiger partial charge in [-0.3, -0.25) is 0 Å². The lowest BCUT2D eigenvalue weighted by atomic mass is 9.85. The normalized spacial score (nSPS) is 11.6. The van der Waals surface area contributed by atoms with E-state index in [0.29, 0.717) is 34.4 Å². The molecule has 1 aromatic heterocycles. The second kappa shape index (κ2) is 12.5. The molecule has 0 bridgehead atoms. The van der Waals surface area contributed by atoms with Crippen LogP contribution >= 0.6 is 0 Å². The van der Waals surface area contributed by atoms with Crippen molar-refractivity contribution in [2.45, 2.75) is 0 Å². The summed E-state index contributed by atoms with van der Waals surface area (Å²) in [4.78, 5) is 9.50. The molecule has 54 heavy (non-hydrogen) atoms. The van der Waals surface area contributed by atoms with Gasteiger partial charge in [0.1, 0.15) is 0 Å². The van der Waals surface area contributed by atoms with Crippen LogP contribution in [0.25, 0.3) is 77.1 Å². The molecular formula is C48H26N4O2. The van der Waals surface area contributed by atoms with E-state index >= 15 is 0 Å². The molecule has 0 saturated heterocycles. The third-order valence-electron chi connectivity index (χ3n) is 10.1. The number of benzene rings is 8. The van der Waals surface area contributed by atoms with E-state index in [9.17, 15) is 10.5 Å². The first-order chi connectivity index (χ1) is 26.6. The number of ether oxygens (including phenoxy) is 2. The van der Waals surface area contributed by atoms with E-state index < -0.39 is 0 Å². The Morgan fingerprint density at radius 3 is 1.11 bits per heavy atom. The minimum Gasteiger partial charge on any atom is -0.431 e. The fourth-order valence-corrected chi connectivity index (χ4v) is 7.49. The lowest BCUT2D eigenvalue weighted by Crippen LogP contribution is -2.04. The van der Waals surface area contributed by atoms with Gasteiger partial charge in [-0.1, -0.05) is 109 Å². The Bertz CT molecular complexity index is 2860. The summed E-state index contributed by atoms with van der Waals surface area (Å²) in [5.41, 5.74) is 10.9. The maximum absolute atomic E-state index is 9.41. The molecule has 8 aromatic carbocycles. The number of nitrogens with zero attached hydrogens (tertiary/aromatic N) is 4. The van der Waals surface area contributed by atoms with E-state index in [2.05, 4.69) is 97.1 Å². The Labute approximate surface area is 310 Å². The van der Waals surface area contributed by atoms with Crippen molar-refractivity contribution in [1.29, 1.82) is 10.5 Å². The summed E-state index contributed by atoms with van der Waals surface area (Å²) in [6.45, 7) is 0. The van der Waals surface area contributed by atoms with Gasteiger partial charge in [0.05, 0.1) is 34.3 Å². The average molecular weight is 691 g/mol. The van der Waals surface area contributed by atoms with Gasteiger partial charge in [-0.2, -0.15) is 10.5 Å². The number of nitriles is 2. The number of hydrogen-bond donors (Lipinski definition) is 0. The molecule has 0 saturated carbocycles. The van der Waals surface area contributed by atoms with E-state index in [1.54, 1.807) is 0 Å². The van der Waals surface area contributed by atoms with E-state index in [0.717, 1.165) is 77.1 Å². The summed E-state index contributed by atoms with van der Waals surface area (Å²) >= 11 is 0. The van der Waals surface area contributed by atoms with Gasteiger partial charge >= 0.3 is 0 Å². The van der Waals surface area contributed by atoms with Crippen LogP contribution in [-0.4, -0.2) is 9.97 Å². The van der Waals surface area contributed by atoms with Crippen molar-refractivity contribution >= 4 is 32.6 Å². The smallest absolute Gasteiger partial charge is 0.284 e. The molecule has 0 radical (unpaired) electrons. The van der Waals surface area contributed by atoms with Crippen LogP contribution in [0.5, 0.6) is 23.3 Å². The molecule has 0 spiro atoms. The van der Waals surface area contributed by atoms with Gasteiger partial charge in [0.15, 0.2) is 11.5 Å². The van der Waals surface area contributed by atoms with Crippen molar-refractivity contribution in [3.05, 3.63) is 169 Å². The zero-order chi connectivity index (χ0) is 36.2. The highest BCUT2D eigenvalue weighted by Crippen LogP contribution is 2.51. The number of para-hydroxylation sites is 2. The van der Waals surface area contributed by atoms with Gasteiger partial charge in [-0.25, -0.2) is 9.97 Å². The van der Waals surface area contributed by atoms with Crippen molar-refractivity contribution in [3.63, 3.8) is 0 Å². The highest BCUT2D eigenvalue weighted by molar-refractivity contribution is 6.11. The topological polar surface area (TPSA) is 91.8 Å². The molecule has 6 nitrogen and oxygen atoms in total. The third-order valence-corrected chi connectivity index (χ3v) is 10.1. The van der Waals surface area contributed by atoms with Gasteiger partial charge in [0, 0.05) is 0 Å². The van der Waals surface area contributed by atoms with E-state index in [1.807, 2.05) is 72.8 Å². The fourth-order valence-electron chi connectivity index (χ4n) is 7.49. The summed E-state index contributed by atoms with van der Waals surface area (Å²) in [5.74, 6) is 1.73. The van der Waals surface area contributed by atoms with Gasteiger partial charge < -0.3 is 9.47 Å². The Hall–Kier alpha value is -7.80. The first-order valence-electron chi connectivity index (χ1n) is 17.5. The van der Waals surface area contributed by atoms with E-state index in [1.165, 1.54) is 0 Å². The first-order valence-corrected chi connectivity index (χ1v) is 17.5. The third kappa shape index (κ3) is 5.10. The second-order valence-corrected chi connectivity index (χ2v) is 13.2. The molecule has 250 valence electrons. The number of hydrogen-bond acceptors (Lipinski definition) is 6. The SMILES string of the molecule is N#Cc1ccc(-c2ccc(-c3cc4c(cc3-c3ccc(-c5ccc(C#N)cc5)c5ccccc35)Oc3nc5ccccc5nc3O4)c3ccccc23)cc1. The minimum atomic E-state index is 0.318. The van der Waals surface area contributed by atoms with Crippen LogP contribution in [-0.2, 0) is 0 Å². The highest BCUT2D eigenvalue weighted by atomic mass is 16.6. The molecule has 0 amide bonds. The molecule has 10 rings (SSSR count). The Morgan fingerprint density at radius 2 is 0.722 bits per heavy atom. The summed E-state index contributed by atoms with van der Waals surface area (Å²) in [6, 6.07) is 57.1. The van der Waals surface area contributed by atoms with Crippen LogP contribution in [0.4, 0.5) is 0 Å². The molecule has 2 heterocycles. The maximum Gasteiger partial charge on any atom is 0.284 e.